The first-order chi connectivity index (χ1) is 15.6. The maximum Gasteiger partial charge on any atom is 0.260 e. The van der Waals surface area contributed by atoms with Gasteiger partial charge in [-0.1, -0.05) is 18.6 Å². The normalized spacial score (nSPS) is 15.8. The summed E-state index contributed by atoms with van der Waals surface area (Å²) in [6.07, 6.45) is 4.23. The number of hydrogen-bond acceptors (Lipinski definition) is 6. The minimum absolute atomic E-state index is 0.207. The van der Waals surface area contributed by atoms with E-state index < -0.39 is 0 Å². The van der Waals surface area contributed by atoms with Crippen LogP contribution in [-0.2, 0) is 13.0 Å². The molecule has 0 spiro atoms. The van der Waals surface area contributed by atoms with E-state index in [1.54, 1.807) is 26.4 Å². The molecule has 3 aromatic rings. The predicted molar refractivity (Wildman–Crippen MR) is 125 cm³/mol. The van der Waals surface area contributed by atoms with Crippen LogP contribution in [0.15, 0.2) is 35.1 Å². The van der Waals surface area contributed by atoms with Gasteiger partial charge in [-0.3, -0.25) is 15.2 Å². The molecule has 32 heavy (non-hydrogen) atoms. The van der Waals surface area contributed by atoms with Crippen LogP contribution < -0.4 is 25.2 Å². The SMILES string of the molecule is COc1cc2nc(N3CCc4c(cccc4NC(=N)C4CCC4)C3)[nH]c(=O)c2cc1OC. The highest BCUT2D eigenvalue weighted by Crippen LogP contribution is 2.33. The molecule has 2 heterocycles. The second kappa shape index (κ2) is 8.18. The molecule has 1 fully saturated rings. The van der Waals surface area contributed by atoms with Crippen molar-refractivity contribution in [3.63, 3.8) is 0 Å². The third kappa shape index (κ3) is 3.55. The number of H-pyrrole nitrogens is 1. The first-order valence-corrected chi connectivity index (χ1v) is 10.9. The van der Waals surface area contributed by atoms with E-state index in [1.807, 2.05) is 6.07 Å². The monoisotopic (exact) mass is 433 g/mol. The molecule has 8 nitrogen and oxygen atoms in total. The molecule has 0 bridgehead atoms. The van der Waals surface area contributed by atoms with Crippen molar-refractivity contribution in [3.05, 3.63) is 51.8 Å². The molecular formula is C24H27N5O3. The molecule has 1 saturated carbocycles. The van der Waals surface area contributed by atoms with E-state index in [0.717, 1.165) is 31.5 Å². The minimum atomic E-state index is -0.207. The lowest BCUT2D eigenvalue weighted by molar-refractivity contribution is 0.355. The molecule has 5 rings (SSSR count). The van der Waals surface area contributed by atoms with Crippen molar-refractivity contribution in [2.75, 3.05) is 31.0 Å². The zero-order valence-electron chi connectivity index (χ0n) is 18.3. The van der Waals surface area contributed by atoms with E-state index in [-0.39, 0.29) is 5.56 Å². The number of rotatable bonds is 5. The first-order valence-electron chi connectivity index (χ1n) is 10.9. The summed E-state index contributed by atoms with van der Waals surface area (Å²) < 4.78 is 10.7. The summed E-state index contributed by atoms with van der Waals surface area (Å²) in [5.41, 5.74) is 3.80. The molecule has 0 saturated heterocycles. The van der Waals surface area contributed by atoms with Gasteiger partial charge in [-0.05, 0) is 42.5 Å². The number of nitrogens with zero attached hydrogens (tertiary/aromatic N) is 2. The molecule has 1 aromatic heterocycles. The van der Waals surface area contributed by atoms with E-state index in [4.69, 9.17) is 19.9 Å². The van der Waals surface area contributed by atoms with Crippen molar-refractivity contribution in [2.45, 2.75) is 32.2 Å². The Bertz CT molecular complexity index is 1250. The molecule has 166 valence electrons. The Hall–Kier alpha value is -3.55. The molecule has 1 aliphatic carbocycles. The fourth-order valence-corrected chi connectivity index (χ4v) is 4.45. The van der Waals surface area contributed by atoms with Crippen LogP contribution in [0.5, 0.6) is 11.5 Å². The number of nitrogens with one attached hydrogen (secondary N) is 3. The summed E-state index contributed by atoms with van der Waals surface area (Å²) in [6.45, 7) is 1.37. The third-order valence-corrected chi connectivity index (χ3v) is 6.55. The maximum absolute atomic E-state index is 12.8. The van der Waals surface area contributed by atoms with Crippen molar-refractivity contribution >= 4 is 28.4 Å². The highest BCUT2D eigenvalue weighted by molar-refractivity contribution is 5.96. The van der Waals surface area contributed by atoms with Gasteiger partial charge in [-0.25, -0.2) is 4.98 Å². The molecular weight excluding hydrogens is 406 g/mol. The Labute approximate surface area is 186 Å². The van der Waals surface area contributed by atoms with Crippen molar-refractivity contribution in [3.8, 4) is 11.5 Å². The number of ether oxygens (including phenoxy) is 2. The molecule has 0 amide bonds. The lowest BCUT2D eigenvalue weighted by Gasteiger charge is -2.32. The van der Waals surface area contributed by atoms with Crippen molar-refractivity contribution in [2.24, 2.45) is 5.92 Å². The van der Waals surface area contributed by atoms with Crippen LogP contribution in [0, 0.1) is 11.3 Å². The number of aromatic amines is 1. The topological polar surface area (TPSA) is 103 Å². The average molecular weight is 434 g/mol. The van der Waals surface area contributed by atoms with Crippen LogP contribution in [0.1, 0.15) is 30.4 Å². The number of aromatic nitrogens is 2. The van der Waals surface area contributed by atoms with Gasteiger partial charge in [-0.15, -0.1) is 0 Å². The molecule has 2 aliphatic rings. The largest absolute Gasteiger partial charge is 0.493 e. The van der Waals surface area contributed by atoms with Gasteiger partial charge < -0.3 is 19.7 Å². The minimum Gasteiger partial charge on any atom is -0.493 e. The van der Waals surface area contributed by atoms with Gasteiger partial charge in [0.25, 0.3) is 5.56 Å². The number of amidine groups is 1. The zero-order chi connectivity index (χ0) is 22.2. The highest BCUT2D eigenvalue weighted by Gasteiger charge is 2.25. The quantitative estimate of drug-likeness (QED) is 0.419. The van der Waals surface area contributed by atoms with E-state index >= 15 is 0 Å². The fraction of sp³-hybridized carbons (Fsp3) is 0.375. The van der Waals surface area contributed by atoms with E-state index in [0.29, 0.717) is 46.6 Å². The van der Waals surface area contributed by atoms with Crippen LogP contribution in [0.3, 0.4) is 0 Å². The van der Waals surface area contributed by atoms with Crippen LogP contribution >= 0.6 is 0 Å². The number of benzene rings is 2. The van der Waals surface area contributed by atoms with Crippen molar-refractivity contribution in [1.82, 2.24) is 9.97 Å². The van der Waals surface area contributed by atoms with Gasteiger partial charge in [0.1, 0.15) is 5.84 Å². The molecule has 0 unspecified atom stereocenters. The fourth-order valence-electron chi connectivity index (χ4n) is 4.45. The molecule has 3 N–H and O–H groups in total. The Morgan fingerprint density at radius 1 is 1.22 bits per heavy atom. The van der Waals surface area contributed by atoms with Crippen molar-refractivity contribution in [1.29, 1.82) is 5.41 Å². The van der Waals surface area contributed by atoms with Gasteiger partial charge in [-0.2, -0.15) is 0 Å². The molecule has 0 radical (unpaired) electrons. The Kier molecular flexibility index (Phi) is 5.20. The van der Waals surface area contributed by atoms with Crippen LogP contribution in [0.25, 0.3) is 10.9 Å². The maximum atomic E-state index is 12.8. The van der Waals surface area contributed by atoms with Gasteiger partial charge >= 0.3 is 0 Å². The van der Waals surface area contributed by atoms with E-state index in [1.165, 1.54) is 17.5 Å². The molecule has 8 heteroatoms. The molecule has 1 aliphatic heterocycles. The Morgan fingerprint density at radius 2 is 2.00 bits per heavy atom. The van der Waals surface area contributed by atoms with Gasteiger partial charge in [0, 0.05) is 30.8 Å². The van der Waals surface area contributed by atoms with Gasteiger partial charge in [0.05, 0.1) is 25.1 Å². The number of hydrogen-bond donors (Lipinski definition) is 3. The van der Waals surface area contributed by atoms with Crippen LogP contribution in [-0.4, -0.2) is 36.6 Å². The van der Waals surface area contributed by atoms with Gasteiger partial charge in [0.15, 0.2) is 11.5 Å². The van der Waals surface area contributed by atoms with E-state index in [2.05, 4.69) is 27.3 Å². The third-order valence-electron chi connectivity index (χ3n) is 6.55. The lowest BCUT2D eigenvalue weighted by Crippen LogP contribution is -2.34. The predicted octanol–water partition coefficient (Wildman–Crippen LogP) is 3.69. The summed E-state index contributed by atoms with van der Waals surface area (Å²) in [5, 5.41) is 12.2. The smallest absolute Gasteiger partial charge is 0.260 e. The summed E-state index contributed by atoms with van der Waals surface area (Å²) in [4.78, 5) is 22.5. The van der Waals surface area contributed by atoms with Crippen LogP contribution in [0.2, 0.25) is 0 Å². The highest BCUT2D eigenvalue weighted by atomic mass is 16.5. The molecule has 2 aromatic carbocycles. The summed E-state index contributed by atoms with van der Waals surface area (Å²) >= 11 is 0. The Morgan fingerprint density at radius 3 is 2.72 bits per heavy atom. The molecule has 0 atom stereocenters. The average Bonchev–Trinajstić information content (AvgIpc) is 2.76. The summed E-state index contributed by atoms with van der Waals surface area (Å²) in [7, 11) is 3.11. The number of anilines is 2. The second-order valence-corrected chi connectivity index (χ2v) is 8.40. The first kappa shape index (κ1) is 20.4. The second-order valence-electron chi connectivity index (χ2n) is 8.40. The number of methoxy groups -OCH3 is 2. The summed E-state index contributed by atoms with van der Waals surface area (Å²) in [5.74, 6) is 2.57. The number of fused-ring (bicyclic) bond motifs is 2. The standard InChI is InChI=1S/C24H27N5O3/c1-31-20-11-17-19(12-21(20)32-2)27-24(28-23(17)30)29-10-9-16-15(13-29)7-4-8-18(16)26-22(25)14-5-3-6-14/h4,7-8,11-12,14H,3,5-6,9-10,13H2,1-2H3,(H2,25,26)(H,27,28,30). The zero-order valence-corrected chi connectivity index (χ0v) is 18.3. The van der Waals surface area contributed by atoms with Gasteiger partial charge in [0.2, 0.25) is 5.95 Å². The Balaban J connectivity index is 1.43. The van der Waals surface area contributed by atoms with Crippen LogP contribution in [0.4, 0.5) is 11.6 Å². The summed E-state index contributed by atoms with van der Waals surface area (Å²) in [6, 6.07) is 9.57. The van der Waals surface area contributed by atoms with E-state index in [9.17, 15) is 4.79 Å². The lowest BCUT2D eigenvalue weighted by atomic mass is 9.84. The van der Waals surface area contributed by atoms with Crippen molar-refractivity contribution < 1.29 is 9.47 Å².